The zero-order valence-corrected chi connectivity index (χ0v) is 13.0. The first-order chi connectivity index (χ1) is 10.6. The molecular formula is C19H20O3. The molecule has 0 aliphatic carbocycles. The number of carbonyl (C=O) groups excluding carboxylic acids is 2. The molecule has 0 saturated carbocycles. The van der Waals surface area contributed by atoms with E-state index in [1.807, 2.05) is 24.3 Å². The Kier molecular flexibility index (Phi) is 5.48. The van der Waals surface area contributed by atoms with Gasteiger partial charge in [-0.1, -0.05) is 37.6 Å². The first-order valence-corrected chi connectivity index (χ1v) is 7.52. The van der Waals surface area contributed by atoms with E-state index in [4.69, 9.17) is 4.74 Å². The van der Waals surface area contributed by atoms with E-state index in [0.717, 1.165) is 19.3 Å². The summed E-state index contributed by atoms with van der Waals surface area (Å²) in [5.41, 5.74) is 2.50. The summed E-state index contributed by atoms with van der Waals surface area (Å²) < 4.78 is 4.96. The maximum Gasteiger partial charge on any atom is 0.308 e. The van der Waals surface area contributed by atoms with Crippen molar-refractivity contribution in [3.05, 3.63) is 65.2 Å². The van der Waals surface area contributed by atoms with Gasteiger partial charge in [0.2, 0.25) is 0 Å². The summed E-state index contributed by atoms with van der Waals surface area (Å²) in [5, 5.41) is 0. The van der Waals surface area contributed by atoms with Gasteiger partial charge in [0, 0.05) is 18.1 Å². The summed E-state index contributed by atoms with van der Waals surface area (Å²) in [4.78, 5) is 23.3. The van der Waals surface area contributed by atoms with Crippen LogP contribution in [0.1, 0.15) is 48.2 Å². The number of hydrogen-bond acceptors (Lipinski definition) is 3. The lowest BCUT2D eigenvalue weighted by Gasteiger charge is -2.05. The highest BCUT2D eigenvalue weighted by Gasteiger charge is 2.09. The third-order valence-corrected chi connectivity index (χ3v) is 3.41. The molecule has 0 unspecified atom stereocenters. The number of ether oxygens (including phenoxy) is 1. The average molecular weight is 296 g/mol. The fourth-order valence-corrected chi connectivity index (χ4v) is 2.21. The molecule has 0 fully saturated rings. The van der Waals surface area contributed by atoms with Crippen molar-refractivity contribution in [1.29, 1.82) is 0 Å². The van der Waals surface area contributed by atoms with Crippen LogP contribution in [0.25, 0.3) is 0 Å². The summed E-state index contributed by atoms with van der Waals surface area (Å²) in [6, 6.07) is 14.4. The van der Waals surface area contributed by atoms with Crippen molar-refractivity contribution >= 4 is 11.8 Å². The summed E-state index contributed by atoms with van der Waals surface area (Å²) in [7, 11) is 0. The Morgan fingerprint density at radius 2 is 1.45 bits per heavy atom. The van der Waals surface area contributed by atoms with E-state index >= 15 is 0 Å². The van der Waals surface area contributed by atoms with Gasteiger partial charge in [0.1, 0.15) is 5.75 Å². The van der Waals surface area contributed by atoms with E-state index in [1.54, 1.807) is 24.3 Å². The Labute approximate surface area is 130 Å². The van der Waals surface area contributed by atoms with E-state index < -0.39 is 0 Å². The highest BCUT2D eigenvalue weighted by molar-refractivity contribution is 6.09. The van der Waals surface area contributed by atoms with Crippen LogP contribution in [0.3, 0.4) is 0 Å². The maximum absolute atomic E-state index is 12.4. The maximum atomic E-state index is 12.4. The molecule has 0 heterocycles. The first-order valence-electron chi connectivity index (χ1n) is 7.52. The Balaban J connectivity index is 2.08. The van der Waals surface area contributed by atoms with Crippen molar-refractivity contribution in [1.82, 2.24) is 0 Å². The molecule has 3 heteroatoms. The third kappa shape index (κ3) is 4.29. The number of benzene rings is 2. The van der Waals surface area contributed by atoms with Gasteiger partial charge in [-0.05, 0) is 42.7 Å². The second-order valence-corrected chi connectivity index (χ2v) is 5.25. The van der Waals surface area contributed by atoms with Crippen molar-refractivity contribution in [2.45, 2.75) is 33.1 Å². The molecule has 2 aromatic rings. The van der Waals surface area contributed by atoms with Gasteiger partial charge in [0.05, 0.1) is 0 Å². The van der Waals surface area contributed by atoms with Crippen LogP contribution in [0.4, 0.5) is 0 Å². The van der Waals surface area contributed by atoms with Gasteiger partial charge in [-0.15, -0.1) is 0 Å². The zero-order chi connectivity index (χ0) is 15.9. The monoisotopic (exact) mass is 296 g/mol. The number of aryl methyl sites for hydroxylation is 1. The van der Waals surface area contributed by atoms with Crippen LogP contribution in [-0.2, 0) is 11.2 Å². The van der Waals surface area contributed by atoms with E-state index in [2.05, 4.69) is 6.92 Å². The minimum absolute atomic E-state index is 0.0311. The second kappa shape index (κ2) is 7.55. The van der Waals surface area contributed by atoms with Gasteiger partial charge in [-0.25, -0.2) is 0 Å². The lowest BCUT2D eigenvalue weighted by atomic mass is 10.0. The molecule has 0 amide bonds. The fourth-order valence-electron chi connectivity index (χ4n) is 2.21. The minimum Gasteiger partial charge on any atom is -0.427 e. The normalized spacial score (nSPS) is 10.3. The number of rotatable bonds is 6. The predicted molar refractivity (Wildman–Crippen MR) is 86.2 cm³/mol. The molecule has 0 bridgehead atoms. The Morgan fingerprint density at radius 3 is 1.95 bits per heavy atom. The molecule has 0 N–H and O–H groups in total. The molecule has 22 heavy (non-hydrogen) atoms. The van der Waals surface area contributed by atoms with Crippen LogP contribution < -0.4 is 4.74 Å². The van der Waals surface area contributed by atoms with Crippen LogP contribution >= 0.6 is 0 Å². The lowest BCUT2D eigenvalue weighted by Crippen LogP contribution is -2.03. The smallest absolute Gasteiger partial charge is 0.308 e. The van der Waals surface area contributed by atoms with Gasteiger partial charge in [0.25, 0.3) is 0 Å². The largest absolute Gasteiger partial charge is 0.427 e. The van der Waals surface area contributed by atoms with E-state index in [-0.39, 0.29) is 11.8 Å². The Bertz CT molecular complexity index is 639. The Morgan fingerprint density at radius 1 is 0.909 bits per heavy atom. The van der Waals surface area contributed by atoms with Crippen molar-refractivity contribution in [2.24, 2.45) is 0 Å². The molecule has 3 nitrogen and oxygen atoms in total. The van der Waals surface area contributed by atoms with Crippen LogP contribution in [0.15, 0.2) is 48.5 Å². The summed E-state index contributed by atoms with van der Waals surface area (Å²) in [5.74, 6) is 0.0390. The number of hydrogen-bond donors (Lipinski definition) is 0. The van der Waals surface area contributed by atoms with E-state index in [1.165, 1.54) is 12.5 Å². The van der Waals surface area contributed by atoms with Gasteiger partial charge >= 0.3 is 5.97 Å². The summed E-state index contributed by atoms with van der Waals surface area (Å²) in [6.45, 7) is 3.51. The molecule has 0 aromatic heterocycles. The fraction of sp³-hybridized carbons (Fsp3) is 0.263. The predicted octanol–water partition coefficient (Wildman–Crippen LogP) is 4.19. The highest BCUT2D eigenvalue weighted by atomic mass is 16.5. The zero-order valence-electron chi connectivity index (χ0n) is 13.0. The molecule has 2 rings (SSSR count). The summed E-state index contributed by atoms with van der Waals surface area (Å²) in [6.07, 6.45) is 3.36. The molecular weight excluding hydrogens is 276 g/mol. The molecule has 2 aromatic carbocycles. The average Bonchev–Trinajstić information content (AvgIpc) is 2.53. The van der Waals surface area contributed by atoms with Crippen molar-refractivity contribution in [3.8, 4) is 5.75 Å². The van der Waals surface area contributed by atoms with Crippen LogP contribution in [0.2, 0.25) is 0 Å². The van der Waals surface area contributed by atoms with Crippen molar-refractivity contribution in [2.75, 3.05) is 0 Å². The third-order valence-electron chi connectivity index (χ3n) is 3.41. The standard InChI is InChI=1S/C19H20O3/c1-3-4-5-15-6-8-16(9-7-15)19(21)17-10-12-18(13-11-17)22-14(2)20/h6-13H,3-5H2,1-2H3. The molecule has 0 aliphatic heterocycles. The van der Waals surface area contributed by atoms with Gasteiger partial charge in [-0.3, -0.25) is 9.59 Å². The molecule has 0 radical (unpaired) electrons. The van der Waals surface area contributed by atoms with Crippen LogP contribution in [-0.4, -0.2) is 11.8 Å². The molecule has 0 spiro atoms. The Hall–Kier alpha value is -2.42. The topological polar surface area (TPSA) is 43.4 Å². The van der Waals surface area contributed by atoms with Crippen molar-refractivity contribution in [3.63, 3.8) is 0 Å². The highest BCUT2D eigenvalue weighted by Crippen LogP contribution is 2.16. The second-order valence-electron chi connectivity index (χ2n) is 5.25. The van der Waals surface area contributed by atoms with E-state index in [0.29, 0.717) is 16.9 Å². The molecule has 0 atom stereocenters. The molecule has 114 valence electrons. The molecule has 0 aliphatic rings. The number of carbonyl (C=O) groups is 2. The number of esters is 1. The van der Waals surface area contributed by atoms with Gasteiger partial charge < -0.3 is 4.74 Å². The number of unbranched alkanes of at least 4 members (excludes halogenated alkanes) is 1. The lowest BCUT2D eigenvalue weighted by molar-refractivity contribution is -0.131. The summed E-state index contributed by atoms with van der Waals surface area (Å²) >= 11 is 0. The van der Waals surface area contributed by atoms with Crippen LogP contribution in [0.5, 0.6) is 5.75 Å². The van der Waals surface area contributed by atoms with Crippen LogP contribution in [0, 0.1) is 0 Å². The van der Waals surface area contributed by atoms with Gasteiger partial charge in [0.15, 0.2) is 5.78 Å². The first kappa shape index (κ1) is 16.0. The number of ketones is 1. The molecule has 0 saturated heterocycles. The van der Waals surface area contributed by atoms with Gasteiger partial charge in [-0.2, -0.15) is 0 Å². The SMILES string of the molecule is CCCCc1ccc(C(=O)c2ccc(OC(C)=O)cc2)cc1. The minimum atomic E-state index is -0.373. The van der Waals surface area contributed by atoms with E-state index in [9.17, 15) is 9.59 Å². The van der Waals surface area contributed by atoms with Crippen molar-refractivity contribution < 1.29 is 14.3 Å². The quantitative estimate of drug-likeness (QED) is 0.456.